The lowest BCUT2D eigenvalue weighted by Crippen LogP contribution is -2.32. The van der Waals surface area contributed by atoms with Gasteiger partial charge < -0.3 is 14.4 Å². The summed E-state index contributed by atoms with van der Waals surface area (Å²) >= 11 is 13.3. The number of hydrogen-bond acceptors (Lipinski definition) is 5. The Morgan fingerprint density at radius 3 is 2.39 bits per heavy atom. The molecule has 1 aliphatic rings. The highest BCUT2D eigenvalue weighted by molar-refractivity contribution is 6.35. The van der Waals surface area contributed by atoms with Gasteiger partial charge in [0.1, 0.15) is 17.3 Å². The number of anilines is 1. The van der Waals surface area contributed by atoms with Crippen LogP contribution in [0.2, 0.25) is 10.0 Å². The van der Waals surface area contributed by atoms with E-state index in [1.165, 1.54) is 12.3 Å². The Balaban J connectivity index is 1.45. The van der Waals surface area contributed by atoms with Gasteiger partial charge in [-0.25, -0.2) is 9.78 Å². The molecule has 1 amide bonds. The van der Waals surface area contributed by atoms with Crippen molar-refractivity contribution in [2.75, 3.05) is 18.1 Å². The number of hydrogen-bond donors (Lipinski definition) is 1. The molecule has 4 heterocycles. The smallest absolute Gasteiger partial charge is 0.337 e. The Morgan fingerprint density at radius 2 is 1.76 bits per heavy atom. The summed E-state index contributed by atoms with van der Waals surface area (Å²) in [6, 6.07) is 10.8. The summed E-state index contributed by atoms with van der Waals surface area (Å²) in [6.07, 6.45) is 3.20. The zero-order valence-corrected chi connectivity index (χ0v) is 28.0. The molecule has 5 aromatic rings. The van der Waals surface area contributed by atoms with Crippen LogP contribution in [0.25, 0.3) is 22.0 Å². The highest BCUT2D eigenvalue weighted by atomic mass is 35.5. The van der Waals surface area contributed by atoms with Gasteiger partial charge in [0.25, 0.3) is 5.91 Å². The molecule has 0 saturated heterocycles. The number of ether oxygens (including phenoxy) is 1. The highest BCUT2D eigenvalue weighted by Crippen LogP contribution is 2.43. The Morgan fingerprint density at radius 1 is 1.02 bits per heavy atom. The molecule has 2 aromatic carbocycles. The summed E-state index contributed by atoms with van der Waals surface area (Å²) < 4.78 is 10.1. The Bertz CT molecular complexity index is 1990. The molecule has 0 saturated carbocycles. The van der Waals surface area contributed by atoms with Gasteiger partial charge >= 0.3 is 5.97 Å². The molecule has 6 rings (SSSR count). The summed E-state index contributed by atoms with van der Waals surface area (Å²) in [7, 11) is 1.91. The number of carboxylic acids is 1. The molecule has 1 N–H and O–H groups in total. The van der Waals surface area contributed by atoms with Crippen LogP contribution in [-0.4, -0.2) is 49.5 Å². The fourth-order valence-corrected chi connectivity index (χ4v) is 6.88. The molecule has 11 heteroatoms. The molecular formula is C35H35Cl2N5O4. The molecule has 0 unspecified atom stereocenters. The van der Waals surface area contributed by atoms with Gasteiger partial charge in [-0.3, -0.25) is 14.4 Å². The fraction of sp³-hybridized carbons (Fsp3) is 0.314. The molecule has 1 aliphatic heterocycles. The van der Waals surface area contributed by atoms with E-state index in [9.17, 15) is 14.7 Å². The third-order valence-corrected chi connectivity index (χ3v) is 9.68. The predicted octanol–water partition coefficient (Wildman–Crippen LogP) is 7.74. The van der Waals surface area contributed by atoms with E-state index in [1.807, 2.05) is 63.7 Å². The van der Waals surface area contributed by atoms with Gasteiger partial charge in [-0.05, 0) is 94.0 Å². The molecule has 9 nitrogen and oxygen atoms in total. The Hall–Kier alpha value is -4.34. The number of aryl methyl sites for hydroxylation is 6. The van der Waals surface area contributed by atoms with Crippen molar-refractivity contribution in [1.82, 2.24) is 19.3 Å². The number of carboxylic acid groups (broad SMARTS) is 1. The minimum Gasteiger partial charge on any atom is -0.494 e. The van der Waals surface area contributed by atoms with Gasteiger partial charge in [0, 0.05) is 53.6 Å². The van der Waals surface area contributed by atoms with E-state index < -0.39 is 5.97 Å². The number of fused-ring (bicyclic) bond motifs is 3. The number of aromatic carboxylic acids is 1. The van der Waals surface area contributed by atoms with E-state index >= 15 is 0 Å². The normalized spacial score (nSPS) is 13.3. The number of carbonyl (C=O) groups is 2. The molecule has 0 atom stereocenters. The zero-order valence-electron chi connectivity index (χ0n) is 26.4. The maximum Gasteiger partial charge on any atom is 0.337 e. The van der Waals surface area contributed by atoms with E-state index in [2.05, 4.69) is 14.6 Å². The second-order valence-corrected chi connectivity index (χ2v) is 12.6. The summed E-state index contributed by atoms with van der Waals surface area (Å²) in [5.41, 5.74) is 8.05. The number of carbonyl (C=O) groups excluding carboxylic acids is 1. The van der Waals surface area contributed by atoms with Gasteiger partial charge in [-0.1, -0.05) is 29.3 Å². The number of benzene rings is 2. The number of amides is 1. The van der Waals surface area contributed by atoms with E-state index in [1.54, 1.807) is 11.0 Å². The van der Waals surface area contributed by atoms with Crippen molar-refractivity contribution in [3.05, 3.63) is 92.0 Å². The Labute approximate surface area is 277 Å². The minimum absolute atomic E-state index is 0.0633. The van der Waals surface area contributed by atoms with Crippen LogP contribution in [-0.2, 0) is 20.0 Å². The first kappa shape index (κ1) is 31.6. The summed E-state index contributed by atoms with van der Waals surface area (Å²) in [5.74, 6) is -0.0885. The standard InChI is InChI=1S/C35H35Cl2N5O4/c1-19-16-24(17-20(2)31(19)37)46-15-6-8-25-26-10-11-27(36)30(29-21(3)39-40(5)22(29)4)32(26)42-14-7-13-41(34(43)33(25)42)28-12-9-23(18-38-28)35(44)45/h9-12,16-18H,6-8,13-15H2,1-5H3,(H,44,45). The average molecular weight is 661 g/mol. The first-order chi connectivity index (χ1) is 22.0. The maximum absolute atomic E-state index is 14.5. The Kier molecular flexibility index (Phi) is 8.56. The lowest BCUT2D eigenvalue weighted by Gasteiger charge is -2.20. The predicted molar refractivity (Wildman–Crippen MR) is 181 cm³/mol. The van der Waals surface area contributed by atoms with E-state index in [0.717, 1.165) is 60.9 Å². The molecule has 46 heavy (non-hydrogen) atoms. The van der Waals surface area contributed by atoms with Gasteiger partial charge in [0.15, 0.2) is 0 Å². The average Bonchev–Trinajstić information content (AvgIpc) is 3.39. The lowest BCUT2D eigenvalue weighted by atomic mass is 9.98. The van der Waals surface area contributed by atoms with E-state index in [-0.39, 0.29) is 11.5 Å². The van der Waals surface area contributed by atoms with E-state index in [0.29, 0.717) is 55.5 Å². The van der Waals surface area contributed by atoms with Crippen LogP contribution in [0.4, 0.5) is 5.82 Å². The molecule has 0 spiro atoms. The second-order valence-electron chi connectivity index (χ2n) is 11.8. The minimum atomic E-state index is -1.07. The monoisotopic (exact) mass is 659 g/mol. The van der Waals surface area contributed by atoms with Crippen LogP contribution >= 0.6 is 23.2 Å². The highest BCUT2D eigenvalue weighted by Gasteiger charge is 2.33. The molecule has 238 valence electrons. The van der Waals surface area contributed by atoms with E-state index in [4.69, 9.17) is 27.9 Å². The molecular weight excluding hydrogens is 625 g/mol. The quantitative estimate of drug-likeness (QED) is 0.171. The van der Waals surface area contributed by atoms with Crippen molar-refractivity contribution in [1.29, 1.82) is 0 Å². The third kappa shape index (κ3) is 5.52. The first-order valence-corrected chi connectivity index (χ1v) is 16.0. The summed E-state index contributed by atoms with van der Waals surface area (Å²) in [4.78, 5) is 32.0. The lowest BCUT2D eigenvalue weighted by molar-refractivity contribution is 0.0696. The molecule has 0 fully saturated rings. The second kappa shape index (κ2) is 12.5. The number of nitrogens with zero attached hydrogens (tertiary/aromatic N) is 5. The number of halogens is 2. The summed E-state index contributed by atoms with van der Waals surface area (Å²) in [5, 5.41) is 16.3. The first-order valence-electron chi connectivity index (χ1n) is 15.2. The summed E-state index contributed by atoms with van der Waals surface area (Å²) in [6.45, 7) is 9.38. The number of pyridine rings is 1. The van der Waals surface area contributed by atoms with Crippen LogP contribution in [0, 0.1) is 27.7 Å². The van der Waals surface area contributed by atoms with Gasteiger partial charge in [-0.2, -0.15) is 5.10 Å². The van der Waals surface area contributed by atoms with Crippen molar-refractivity contribution >= 4 is 51.8 Å². The SMILES string of the molecule is Cc1cc(OCCCc2c3n(c4c(-c5c(C)nn(C)c5C)c(Cl)ccc24)CCCN(c2ccc(C(=O)O)cn2)C3=O)cc(C)c1Cl. The third-order valence-electron chi connectivity index (χ3n) is 8.77. The van der Waals surface area contributed by atoms with Crippen molar-refractivity contribution in [2.45, 2.75) is 53.5 Å². The van der Waals surface area contributed by atoms with Crippen LogP contribution in [0.1, 0.15) is 61.8 Å². The molecule has 0 radical (unpaired) electrons. The van der Waals surface area contributed by atoms with Crippen molar-refractivity contribution in [3.8, 4) is 16.9 Å². The van der Waals surface area contributed by atoms with Crippen molar-refractivity contribution in [3.63, 3.8) is 0 Å². The number of aromatic nitrogens is 4. The maximum atomic E-state index is 14.5. The van der Waals surface area contributed by atoms with Gasteiger partial charge in [0.2, 0.25) is 0 Å². The molecule has 0 bridgehead atoms. The van der Waals surface area contributed by atoms with Crippen molar-refractivity contribution < 1.29 is 19.4 Å². The van der Waals surface area contributed by atoms with Crippen LogP contribution in [0.5, 0.6) is 5.75 Å². The number of rotatable bonds is 8. The van der Waals surface area contributed by atoms with Crippen LogP contribution in [0.15, 0.2) is 42.6 Å². The largest absolute Gasteiger partial charge is 0.494 e. The fourth-order valence-electron chi connectivity index (χ4n) is 6.52. The van der Waals surface area contributed by atoms with Crippen molar-refractivity contribution in [2.24, 2.45) is 7.05 Å². The molecule has 3 aromatic heterocycles. The topological polar surface area (TPSA) is 102 Å². The van der Waals surface area contributed by atoms with Gasteiger partial charge in [0.05, 0.1) is 28.4 Å². The zero-order chi connectivity index (χ0) is 32.9. The van der Waals surface area contributed by atoms with Crippen LogP contribution < -0.4 is 9.64 Å². The molecule has 0 aliphatic carbocycles. The van der Waals surface area contributed by atoms with Gasteiger partial charge in [-0.15, -0.1) is 0 Å². The van der Waals surface area contributed by atoms with Crippen LogP contribution in [0.3, 0.4) is 0 Å².